The van der Waals surface area contributed by atoms with E-state index in [1.165, 1.54) is 0 Å². The summed E-state index contributed by atoms with van der Waals surface area (Å²) in [5.74, 6) is 0. The second-order valence-electron chi connectivity index (χ2n) is 20.6. The van der Waals surface area contributed by atoms with Gasteiger partial charge in [-0.15, -0.1) is 0 Å². The lowest BCUT2D eigenvalue weighted by atomic mass is 9.98. The molecule has 0 bridgehead atoms. The van der Waals surface area contributed by atoms with E-state index < -0.39 is 0 Å². The van der Waals surface area contributed by atoms with Crippen molar-refractivity contribution in [2.75, 3.05) is 0 Å². The predicted octanol–water partition coefficient (Wildman–Crippen LogP) is 18.6. The van der Waals surface area contributed by atoms with Crippen LogP contribution in [0.15, 0.2) is 243 Å². The third-order valence-electron chi connectivity index (χ3n) is 16.8. The fraction of sp³-hybridized carbons (Fsp3) is 0. The maximum Gasteiger partial charge on any atom is 0.104 e. The van der Waals surface area contributed by atoms with Crippen LogP contribution in [0.3, 0.4) is 0 Å². The number of aromatic nitrogens is 4. The molecule has 17 rings (SSSR count). The predicted molar refractivity (Wildman–Crippen MR) is 326 cm³/mol. The van der Waals surface area contributed by atoms with Gasteiger partial charge in [0.15, 0.2) is 0 Å². The minimum absolute atomic E-state index is 0.468. The zero-order valence-corrected chi connectivity index (χ0v) is 41.9. The summed E-state index contributed by atoms with van der Waals surface area (Å²) in [5, 5.41) is 41.1. The number of nitrogens with zero attached hydrogens (tertiary/aromatic N) is 5. The van der Waals surface area contributed by atoms with E-state index in [0.717, 1.165) is 142 Å². The van der Waals surface area contributed by atoms with Crippen LogP contribution in [-0.4, -0.2) is 24.5 Å². The number of rotatable bonds is 5. The standard InChI is InChI=1S/C72H42N6/c73-41-55-69(75-57-29-13-9-25-51(57)65-47-21-5-1-17-43(47)33-37-61(65)75)70(76-58-30-14-10-26-52(58)66-48-22-6-2-18-44(48)34-38-62(66)76)56(42-74)72(78-60-32-16-12-28-54(60)68-50-24-8-4-20-46(50)36-40-64(68)78)71(55)77-59-31-15-11-27-53(59)67-49-23-7-3-19-45(49)35-39-63(67)77/h1-41,73H. The van der Waals surface area contributed by atoms with Crippen molar-refractivity contribution in [2.45, 2.75) is 0 Å². The zero-order valence-electron chi connectivity index (χ0n) is 41.9. The third kappa shape index (κ3) is 5.50. The van der Waals surface area contributed by atoms with Crippen molar-refractivity contribution in [3.8, 4) is 28.8 Å². The maximum atomic E-state index is 12.9. The zero-order chi connectivity index (χ0) is 51.3. The Morgan fingerprint density at radius 1 is 0.269 bits per heavy atom. The van der Waals surface area contributed by atoms with Gasteiger partial charge in [0.1, 0.15) is 11.6 Å². The Balaban J connectivity index is 1.20. The first-order chi connectivity index (χ1) is 38.7. The molecule has 6 heteroatoms. The van der Waals surface area contributed by atoms with Gasteiger partial charge in [0.25, 0.3) is 0 Å². The molecule has 360 valence electrons. The number of hydrogen-bond donors (Lipinski definition) is 1. The average molecular weight is 991 g/mol. The Hall–Kier alpha value is -10.7. The summed E-state index contributed by atoms with van der Waals surface area (Å²) in [4.78, 5) is 0. The Labute approximate surface area is 445 Å². The molecular weight excluding hydrogens is 949 g/mol. The smallest absolute Gasteiger partial charge is 0.104 e. The molecule has 0 aliphatic carbocycles. The molecule has 13 aromatic carbocycles. The largest absolute Gasteiger partial charge is 0.308 e. The van der Waals surface area contributed by atoms with E-state index in [0.29, 0.717) is 22.5 Å². The first-order valence-electron chi connectivity index (χ1n) is 26.5. The average Bonchev–Trinajstić information content (AvgIpc) is 4.39. The van der Waals surface area contributed by atoms with Gasteiger partial charge >= 0.3 is 0 Å². The Morgan fingerprint density at radius 3 is 0.782 bits per heavy atom. The molecule has 0 amide bonds. The summed E-state index contributed by atoms with van der Waals surface area (Å²) in [6.07, 6.45) is 1.56. The molecule has 0 saturated heterocycles. The number of fused-ring (bicyclic) bond motifs is 20. The minimum Gasteiger partial charge on any atom is -0.308 e. The second kappa shape index (κ2) is 15.9. The van der Waals surface area contributed by atoms with Gasteiger partial charge in [-0.1, -0.05) is 194 Å². The topological polar surface area (TPSA) is 67.4 Å². The summed E-state index contributed by atoms with van der Waals surface area (Å²) >= 11 is 0. The molecule has 0 atom stereocenters. The molecule has 17 aromatic rings. The van der Waals surface area contributed by atoms with Crippen LogP contribution in [0.5, 0.6) is 0 Å². The van der Waals surface area contributed by atoms with Crippen molar-refractivity contribution in [1.29, 1.82) is 10.7 Å². The van der Waals surface area contributed by atoms with E-state index in [9.17, 15) is 10.7 Å². The first kappa shape index (κ1) is 42.6. The molecule has 4 heterocycles. The van der Waals surface area contributed by atoms with Gasteiger partial charge in [-0.25, -0.2) is 0 Å². The van der Waals surface area contributed by atoms with Gasteiger partial charge < -0.3 is 23.7 Å². The summed E-state index contributed by atoms with van der Waals surface area (Å²) in [7, 11) is 0. The highest BCUT2D eigenvalue weighted by Crippen LogP contribution is 2.50. The van der Waals surface area contributed by atoms with E-state index in [-0.39, 0.29) is 0 Å². The fourth-order valence-corrected chi connectivity index (χ4v) is 13.8. The third-order valence-corrected chi connectivity index (χ3v) is 16.8. The van der Waals surface area contributed by atoms with Crippen LogP contribution in [0.1, 0.15) is 11.1 Å². The number of nitriles is 1. The number of hydrogen-bond acceptors (Lipinski definition) is 2. The highest BCUT2D eigenvalue weighted by Gasteiger charge is 2.34. The first-order valence-corrected chi connectivity index (χ1v) is 26.5. The normalized spacial score (nSPS) is 12.1. The number of benzene rings is 13. The number of nitrogens with one attached hydrogen (secondary N) is 1. The monoisotopic (exact) mass is 990 g/mol. The SMILES string of the molecule is N#Cc1c(-n2c3ccccc3c3c4ccccc4ccc32)c(-n2c3ccccc3c3c4ccccc4ccc32)c(C=N)c(-n2c3ccccc3c3c4ccccc4ccc32)c1-n1c2ccccc2c2c3ccccc3ccc21. The molecule has 4 aromatic heterocycles. The van der Waals surface area contributed by atoms with Gasteiger partial charge in [-0.3, -0.25) is 0 Å². The van der Waals surface area contributed by atoms with Gasteiger partial charge in [0.2, 0.25) is 0 Å². The Bertz CT molecular complexity index is 5230. The minimum atomic E-state index is 0.468. The lowest BCUT2D eigenvalue weighted by molar-refractivity contribution is 1.03. The van der Waals surface area contributed by atoms with Crippen molar-refractivity contribution in [3.05, 3.63) is 254 Å². The van der Waals surface area contributed by atoms with Crippen molar-refractivity contribution in [3.63, 3.8) is 0 Å². The number of para-hydroxylation sites is 4. The second-order valence-corrected chi connectivity index (χ2v) is 20.6. The molecule has 6 nitrogen and oxygen atoms in total. The van der Waals surface area contributed by atoms with Crippen molar-refractivity contribution in [2.24, 2.45) is 0 Å². The molecule has 78 heavy (non-hydrogen) atoms. The molecule has 0 fully saturated rings. The maximum absolute atomic E-state index is 12.9. The lowest BCUT2D eigenvalue weighted by Crippen LogP contribution is -2.17. The van der Waals surface area contributed by atoms with E-state index in [4.69, 9.17) is 0 Å². The van der Waals surface area contributed by atoms with Crippen LogP contribution in [0.25, 0.3) is 153 Å². The van der Waals surface area contributed by atoms with Crippen LogP contribution in [0, 0.1) is 16.7 Å². The Morgan fingerprint density at radius 2 is 0.513 bits per heavy atom. The molecule has 0 radical (unpaired) electrons. The molecule has 0 saturated carbocycles. The summed E-state index contributed by atoms with van der Waals surface area (Å²) in [5.41, 5.74) is 11.7. The summed E-state index contributed by atoms with van der Waals surface area (Å²) < 4.78 is 9.42. The molecule has 0 aliphatic heterocycles. The summed E-state index contributed by atoms with van der Waals surface area (Å²) in [6.45, 7) is 0. The molecular formula is C72H42N6. The molecule has 0 spiro atoms. The van der Waals surface area contributed by atoms with Gasteiger partial charge in [0.05, 0.1) is 66.9 Å². The van der Waals surface area contributed by atoms with E-state index in [1.54, 1.807) is 6.21 Å². The summed E-state index contributed by atoms with van der Waals surface area (Å²) in [6, 6.07) is 89.8. The van der Waals surface area contributed by atoms with Gasteiger partial charge in [-0.05, 0) is 91.6 Å². The Kier molecular flexibility index (Phi) is 8.68. The quantitative estimate of drug-likeness (QED) is 0.172. The van der Waals surface area contributed by atoms with E-state index in [1.807, 2.05) is 0 Å². The van der Waals surface area contributed by atoms with Crippen LogP contribution < -0.4 is 0 Å². The molecule has 0 aliphatic rings. The van der Waals surface area contributed by atoms with E-state index in [2.05, 4.69) is 267 Å². The highest BCUT2D eigenvalue weighted by molar-refractivity contribution is 6.27. The highest BCUT2D eigenvalue weighted by atomic mass is 15.1. The fourth-order valence-electron chi connectivity index (χ4n) is 13.8. The lowest BCUT2D eigenvalue weighted by Gasteiger charge is -2.28. The molecule has 1 N–H and O–H groups in total. The van der Waals surface area contributed by atoms with Crippen molar-refractivity contribution >= 4 is 137 Å². The van der Waals surface area contributed by atoms with Crippen molar-refractivity contribution in [1.82, 2.24) is 18.3 Å². The van der Waals surface area contributed by atoms with Crippen LogP contribution in [0.4, 0.5) is 0 Å². The van der Waals surface area contributed by atoms with Crippen molar-refractivity contribution < 1.29 is 0 Å². The van der Waals surface area contributed by atoms with E-state index >= 15 is 0 Å². The van der Waals surface area contributed by atoms with Gasteiger partial charge in [0, 0.05) is 54.9 Å². The molecule has 0 unspecified atom stereocenters. The van der Waals surface area contributed by atoms with Gasteiger partial charge in [-0.2, -0.15) is 5.26 Å². The van der Waals surface area contributed by atoms with Crippen LogP contribution in [-0.2, 0) is 0 Å². The van der Waals surface area contributed by atoms with Crippen LogP contribution >= 0.6 is 0 Å². The van der Waals surface area contributed by atoms with Crippen LogP contribution in [0.2, 0.25) is 0 Å².